The van der Waals surface area contributed by atoms with Gasteiger partial charge in [0.25, 0.3) is 6.43 Å². The number of alkyl halides is 2. The van der Waals surface area contributed by atoms with Gasteiger partial charge in [0.1, 0.15) is 0 Å². The van der Waals surface area contributed by atoms with Gasteiger partial charge >= 0.3 is 0 Å². The zero-order chi connectivity index (χ0) is 21.7. The number of rotatable bonds is 5. The van der Waals surface area contributed by atoms with Crippen molar-refractivity contribution in [1.29, 1.82) is 0 Å². The average molecular weight is 435 g/mol. The Balaban J connectivity index is 1.24. The maximum Gasteiger partial charge on any atom is 0.251 e. The standard InChI is InChI=1S/C23H23F2N7/c24-21(25)13-31-11-15-1-2-16(12-31)22(15)29-23-28-10-20-17(5-8-32(20)30-23)14-3-4-18-19(9-14)27-7-6-26-18/h3-10,15-16,21-22H,1-2,11-13H2,(H,29,30). The van der Waals surface area contributed by atoms with Gasteiger partial charge in [-0.3, -0.25) is 14.9 Å². The number of hydrogen-bond acceptors (Lipinski definition) is 6. The van der Waals surface area contributed by atoms with Crippen molar-refractivity contribution in [3.05, 3.63) is 49.1 Å². The van der Waals surface area contributed by atoms with Crippen LogP contribution in [0.5, 0.6) is 0 Å². The highest BCUT2D eigenvalue weighted by atomic mass is 19.3. The summed E-state index contributed by atoms with van der Waals surface area (Å²) in [7, 11) is 0. The summed E-state index contributed by atoms with van der Waals surface area (Å²) in [6.07, 6.45) is 6.98. The molecule has 4 aromatic rings. The first-order valence-corrected chi connectivity index (χ1v) is 11.0. The van der Waals surface area contributed by atoms with Gasteiger partial charge in [0.15, 0.2) is 0 Å². The van der Waals surface area contributed by atoms with E-state index in [9.17, 15) is 8.78 Å². The first-order valence-electron chi connectivity index (χ1n) is 11.0. The Bertz CT molecular complexity index is 1260. The number of anilines is 1. The molecular formula is C23H23F2N7. The van der Waals surface area contributed by atoms with Crippen LogP contribution in [0.15, 0.2) is 49.1 Å². The van der Waals surface area contributed by atoms with E-state index in [-0.39, 0.29) is 12.6 Å². The summed E-state index contributed by atoms with van der Waals surface area (Å²) in [4.78, 5) is 15.2. The lowest BCUT2D eigenvalue weighted by Crippen LogP contribution is -2.49. The minimum absolute atomic E-state index is 0.130. The average Bonchev–Trinajstić information content (AvgIpc) is 3.30. The van der Waals surface area contributed by atoms with E-state index in [0.29, 0.717) is 30.9 Å². The normalized spacial score (nSPS) is 23.4. The monoisotopic (exact) mass is 435 g/mol. The number of piperidine rings is 1. The summed E-state index contributed by atoms with van der Waals surface area (Å²) < 4.78 is 27.4. The molecule has 1 aliphatic heterocycles. The van der Waals surface area contributed by atoms with Crippen LogP contribution in [0.4, 0.5) is 14.7 Å². The second-order valence-corrected chi connectivity index (χ2v) is 8.78. The third-order valence-electron chi connectivity index (χ3n) is 6.80. The fourth-order valence-corrected chi connectivity index (χ4v) is 5.39. The third-order valence-corrected chi connectivity index (χ3v) is 6.80. The van der Waals surface area contributed by atoms with E-state index in [1.807, 2.05) is 46.1 Å². The topological polar surface area (TPSA) is 71.2 Å². The third kappa shape index (κ3) is 3.46. The van der Waals surface area contributed by atoms with Crippen LogP contribution in [0, 0.1) is 11.8 Å². The quantitative estimate of drug-likeness (QED) is 0.515. The number of aromatic nitrogens is 5. The molecule has 1 N–H and O–H groups in total. The second kappa shape index (κ2) is 7.74. The molecule has 32 heavy (non-hydrogen) atoms. The summed E-state index contributed by atoms with van der Waals surface area (Å²) in [5.74, 6) is 1.28. The van der Waals surface area contributed by atoms with Gasteiger partial charge in [-0.1, -0.05) is 6.07 Å². The molecule has 2 fully saturated rings. The van der Waals surface area contributed by atoms with Crippen LogP contribution in [0.2, 0.25) is 0 Å². The van der Waals surface area contributed by atoms with Crippen LogP contribution in [0.1, 0.15) is 12.8 Å². The predicted octanol–water partition coefficient (Wildman–Crippen LogP) is 3.73. The lowest BCUT2D eigenvalue weighted by molar-refractivity contribution is 0.0581. The Labute approximate surface area is 183 Å². The summed E-state index contributed by atoms with van der Waals surface area (Å²) in [6.45, 7) is 1.28. The van der Waals surface area contributed by atoms with Crippen molar-refractivity contribution < 1.29 is 8.78 Å². The molecule has 0 radical (unpaired) electrons. The van der Waals surface area contributed by atoms with Crippen LogP contribution in [-0.4, -0.2) is 61.6 Å². The molecule has 9 heteroatoms. The van der Waals surface area contributed by atoms with Gasteiger partial charge in [0.2, 0.25) is 5.95 Å². The second-order valence-electron chi connectivity index (χ2n) is 8.78. The fraction of sp³-hybridized carbons (Fsp3) is 0.391. The molecule has 1 aromatic carbocycles. The maximum absolute atomic E-state index is 12.8. The Morgan fingerprint density at radius 3 is 2.56 bits per heavy atom. The Morgan fingerprint density at radius 2 is 1.78 bits per heavy atom. The maximum atomic E-state index is 12.8. The van der Waals surface area contributed by atoms with E-state index in [0.717, 1.165) is 40.5 Å². The SMILES string of the molecule is FC(F)CN1CC2CCC(C1)C2Nc1ncc2c(-c3ccc4nccnc4c3)ccn2n1. The molecule has 2 atom stereocenters. The molecule has 2 aliphatic rings. The lowest BCUT2D eigenvalue weighted by Gasteiger charge is -2.38. The number of halogens is 2. The molecule has 1 aliphatic carbocycles. The zero-order valence-corrected chi connectivity index (χ0v) is 17.4. The van der Waals surface area contributed by atoms with Crippen molar-refractivity contribution in [1.82, 2.24) is 29.5 Å². The Morgan fingerprint density at radius 1 is 1.00 bits per heavy atom. The number of fused-ring (bicyclic) bond motifs is 4. The smallest absolute Gasteiger partial charge is 0.251 e. The largest absolute Gasteiger partial charge is 0.350 e. The molecule has 164 valence electrons. The van der Waals surface area contributed by atoms with Crippen molar-refractivity contribution >= 4 is 22.5 Å². The molecule has 2 bridgehead atoms. The number of likely N-dealkylation sites (tertiary alicyclic amines) is 1. The molecule has 4 heterocycles. The van der Waals surface area contributed by atoms with Gasteiger partial charge in [0, 0.05) is 43.3 Å². The van der Waals surface area contributed by atoms with E-state index in [1.165, 1.54) is 0 Å². The first kappa shape index (κ1) is 19.5. The van der Waals surface area contributed by atoms with Crippen molar-refractivity contribution in [2.24, 2.45) is 11.8 Å². The van der Waals surface area contributed by atoms with Crippen LogP contribution < -0.4 is 5.32 Å². The Kier molecular flexibility index (Phi) is 4.71. The van der Waals surface area contributed by atoms with E-state index in [4.69, 9.17) is 0 Å². The first-order chi connectivity index (χ1) is 15.6. The van der Waals surface area contributed by atoms with Gasteiger partial charge in [-0.2, -0.15) is 0 Å². The van der Waals surface area contributed by atoms with E-state index >= 15 is 0 Å². The molecule has 3 aromatic heterocycles. The summed E-state index contributed by atoms with van der Waals surface area (Å²) >= 11 is 0. The van der Waals surface area contributed by atoms with Crippen molar-refractivity contribution in [2.75, 3.05) is 25.0 Å². The summed E-state index contributed by atoms with van der Waals surface area (Å²) in [6, 6.07) is 8.28. The highest BCUT2D eigenvalue weighted by Crippen LogP contribution is 2.38. The van der Waals surface area contributed by atoms with Crippen LogP contribution >= 0.6 is 0 Å². The van der Waals surface area contributed by atoms with E-state index in [2.05, 4.69) is 25.4 Å². The lowest BCUT2D eigenvalue weighted by atomic mass is 9.92. The summed E-state index contributed by atoms with van der Waals surface area (Å²) in [5.41, 5.74) is 4.68. The number of hydrogen-bond donors (Lipinski definition) is 1. The van der Waals surface area contributed by atoms with Crippen LogP contribution in [0.3, 0.4) is 0 Å². The van der Waals surface area contributed by atoms with Crippen LogP contribution in [-0.2, 0) is 0 Å². The fourth-order valence-electron chi connectivity index (χ4n) is 5.39. The molecule has 7 nitrogen and oxygen atoms in total. The molecule has 1 saturated carbocycles. The predicted molar refractivity (Wildman–Crippen MR) is 118 cm³/mol. The molecule has 6 rings (SSSR count). The minimum atomic E-state index is -2.28. The van der Waals surface area contributed by atoms with E-state index in [1.54, 1.807) is 12.4 Å². The van der Waals surface area contributed by atoms with Gasteiger partial charge in [-0.25, -0.2) is 18.3 Å². The number of benzene rings is 1. The van der Waals surface area contributed by atoms with Crippen molar-refractivity contribution in [3.63, 3.8) is 0 Å². The van der Waals surface area contributed by atoms with E-state index < -0.39 is 6.43 Å². The van der Waals surface area contributed by atoms with Crippen LogP contribution in [0.25, 0.3) is 27.7 Å². The molecule has 0 spiro atoms. The number of nitrogens with one attached hydrogen (secondary N) is 1. The minimum Gasteiger partial charge on any atom is -0.350 e. The Hall–Kier alpha value is -3.20. The molecule has 1 saturated heterocycles. The zero-order valence-electron chi connectivity index (χ0n) is 17.4. The van der Waals surface area contributed by atoms with Gasteiger partial charge in [-0.05, 0) is 48.4 Å². The highest BCUT2D eigenvalue weighted by Gasteiger charge is 2.42. The number of nitrogens with zero attached hydrogens (tertiary/aromatic N) is 6. The molecule has 2 unspecified atom stereocenters. The van der Waals surface area contributed by atoms with Crippen molar-refractivity contribution in [3.8, 4) is 11.1 Å². The summed E-state index contributed by atoms with van der Waals surface area (Å²) in [5, 5.41) is 8.18. The van der Waals surface area contributed by atoms with Gasteiger partial charge < -0.3 is 5.32 Å². The van der Waals surface area contributed by atoms with Crippen molar-refractivity contribution in [2.45, 2.75) is 25.3 Å². The van der Waals surface area contributed by atoms with Gasteiger partial charge in [-0.15, -0.1) is 5.10 Å². The molecule has 0 amide bonds. The van der Waals surface area contributed by atoms with Gasteiger partial charge in [0.05, 0.1) is 29.3 Å². The molecular weight excluding hydrogens is 412 g/mol. The highest BCUT2D eigenvalue weighted by molar-refractivity contribution is 5.86.